The van der Waals surface area contributed by atoms with E-state index in [1.807, 2.05) is 0 Å². The van der Waals surface area contributed by atoms with Crippen LogP contribution in [-0.4, -0.2) is 17.4 Å². The summed E-state index contributed by atoms with van der Waals surface area (Å²) in [5.74, 6) is -0.352. The summed E-state index contributed by atoms with van der Waals surface area (Å²) in [6, 6.07) is 4.82. The van der Waals surface area contributed by atoms with Crippen LogP contribution >= 0.6 is 35.4 Å². The first-order chi connectivity index (χ1) is 7.02. The first-order valence-corrected chi connectivity index (χ1v) is 5.19. The van der Waals surface area contributed by atoms with Gasteiger partial charge in [-0.2, -0.15) is 0 Å². The lowest BCUT2D eigenvalue weighted by Gasteiger charge is -2.06. The molecule has 80 valence electrons. The molecule has 0 heterocycles. The monoisotopic (exact) mass is 262 g/mol. The van der Waals surface area contributed by atoms with Gasteiger partial charge in [-0.3, -0.25) is 4.79 Å². The number of rotatable bonds is 3. The molecule has 0 fully saturated rings. The summed E-state index contributed by atoms with van der Waals surface area (Å²) in [5, 5.41) is 3.07. The zero-order valence-electron chi connectivity index (χ0n) is 7.59. The Balaban J connectivity index is 2.82. The molecule has 1 amide bonds. The van der Waals surface area contributed by atoms with Crippen molar-refractivity contribution < 1.29 is 4.79 Å². The Kier molecular flexibility index (Phi) is 4.32. The highest BCUT2D eigenvalue weighted by molar-refractivity contribution is 7.80. The summed E-state index contributed by atoms with van der Waals surface area (Å²) in [7, 11) is 0. The summed E-state index contributed by atoms with van der Waals surface area (Å²) in [6.45, 7) is 0.136. The van der Waals surface area contributed by atoms with Crippen LogP contribution in [0, 0.1) is 0 Å². The molecule has 0 atom stereocenters. The van der Waals surface area contributed by atoms with Crippen LogP contribution in [-0.2, 0) is 0 Å². The van der Waals surface area contributed by atoms with Crippen LogP contribution in [0.25, 0.3) is 0 Å². The Hall–Kier alpha value is -0.840. The van der Waals surface area contributed by atoms with Gasteiger partial charge in [0, 0.05) is 0 Å². The van der Waals surface area contributed by atoms with Crippen molar-refractivity contribution in [2.24, 2.45) is 5.73 Å². The number of amides is 1. The molecule has 3 N–H and O–H groups in total. The first-order valence-electron chi connectivity index (χ1n) is 4.03. The van der Waals surface area contributed by atoms with Crippen LogP contribution in [0.2, 0.25) is 10.0 Å². The van der Waals surface area contributed by atoms with Gasteiger partial charge in [-0.15, -0.1) is 0 Å². The SMILES string of the molecule is NC(=S)CNC(=O)c1cccc(Cl)c1Cl. The summed E-state index contributed by atoms with van der Waals surface area (Å²) in [5.41, 5.74) is 5.55. The largest absolute Gasteiger partial charge is 0.392 e. The molecule has 0 spiro atoms. The number of nitrogens with one attached hydrogen (secondary N) is 1. The van der Waals surface area contributed by atoms with Crippen LogP contribution in [0.5, 0.6) is 0 Å². The number of halogens is 2. The second-order valence-corrected chi connectivity index (χ2v) is 4.06. The van der Waals surface area contributed by atoms with Crippen molar-refractivity contribution >= 4 is 46.3 Å². The van der Waals surface area contributed by atoms with Gasteiger partial charge >= 0.3 is 0 Å². The van der Waals surface area contributed by atoms with Crippen molar-refractivity contribution in [1.29, 1.82) is 0 Å². The molecular formula is C9H8Cl2N2OS. The lowest BCUT2D eigenvalue weighted by molar-refractivity contribution is 0.0959. The van der Waals surface area contributed by atoms with Crippen molar-refractivity contribution in [3.63, 3.8) is 0 Å². The molecule has 3 nitrogen and oxygen atoms in total. The zero-order valence-corrected chi connectivity index (χ0v) is 9.92. The first kappa shape index (κ1) is 12.2. The van der Waals surface area contributed by atoms with E-state index in [1.165, 1.54) is 0 Å². The quantitative estimate of drug-likeness (QED) is 0.820. The minimum atomic E-state index is -0.352. The topological polar surface area (TPSA) is 55.1 Å². The predicted molar refractivity (Wildman–Crippen MR) is 65.6 cm³/mol. The predicted octanol–water partition coefficient (Wildman–Crippen LogP) is 2.01. The highest BCUT2D eigenvalue weighted by Gasteiger charge is 2.11. The van der Waals surface area contributed by atoms with Crippen molar-refractivity contribution in [1.82, 2.24) is 5.32 Å². The molecule has 1 rings (SSSR count). The Morgan fingerprint density at radius 3 is 2.73 bits per heavy atom. The average molecular weight is 263 g/mol. The second kappa shape index (κ2) is 5.30. The fourth-order valence-corrected chi connectivity index (χ4v) is 1.40. The number of hydrogen-bond acceptors (Lipinski definition) is 2. The van der Waals surface area contributed by atoms with Crippen LogP contribution in [0.4, 0.5) is 0 Å². The number of carbonyl (C=O) groups excluding carboxylic acids is 1. The zero-order chi connectivity index (χ0) is 11.4. The minimum Gasteiger partial charge on any atom is -0.392 e. The van der Waals surface area contributed by atoms with Crippen LogP contribution in [0.1, 0.15) is 10.4 Å². The number of carbonyl (C=O) groups is 1. The Morgan fingerprint density at radius 2 is 2.13 bits per heavy atom. The molecule has 1 aromatic rings. The smallest absolute Gasteiger partial charge is 0.253 e. The van der Waals surface area contributed by atoms with Gasteiger partial charge in [0.15, 0.2) is 0 Å². The molecule has 0 aliphatic rings. The Bertz CT molecular complexity index is 409. The molecule has 0 saturated heterocycles. The highest BCUT2D eigenvalue weighted by Crippen LogP contribution is 2.25. The molecule has 0 unspecified atom stereocenters. The van der Waals surface area contributed by atoms with Gasteiger partial charge in [-0.1, -0.05) is 41.5 Å². The molecule has 0 saturated carbocycles. The van der Waals surface area contributed by atoms with Crippen molar-refractivity contribution in [2.75, 3.05) is 6.54 Å². The standard InChI is InChI=1S/C9H8Cl2N2OS/c10-6-3-1-2-5(8(6)11)9(14)13-4-7(12)15/h1-3H,4H2,(H2,12,15)(H,13,14). The Morgan fingerprint density at radius 1 is 1.47 bits per heavy atom. The molecule has 0 aliphatic carbocycles. The van der Waals surface area contributed by atoms with Gasteiger partial charge in [0.1, 0.15) is 0 Å². The third-order valence-electron chi connectivity index (χ3n) is 1.62. The van der Waals surface area contributed by atoms with E-state index in [0.29, 0.717) is 10.6 Å². The van der Waals surface area contributed by atoms with E-state index in [1.54, 1.807) is 18.2 Å². The number of hydrogen-bond donors (Lipinski definition) is 2. The second-order valence-electron chi connectivity index (χ2n) is 2.75. The van der Waals surface area contributed by atoms with Crippen molar-refractivity contribution in [3.05, 3.63) is 33.8 Å². The highest BCUT2D eigenvalue weighted by atomic mass is 35.5. The van der Waals surface area contributed by atoms with Gasteiger partial charge in [0.05, 0.1) is 27.1 Å². The molecule has 15 heavy (non-hydrogen) atoms. The van der Waals surface area contributed by atoms with Gasteiger partial charge in [0.25, 0.3) is 5.91 Å². The lowest BCUT2D eigenvalue weighted by atomic mass is 10.2. The third-order valence-corrected chi connectivity index (χ3v) is 2.58. The fraction of sp³-hybridized carbons (Fsp3) is 0.111. The van der Waals surface area contributed by atoms with Crippen molar-refractivity contribution in [2.45, 2.75) is 0 Å². The number of nitrogens with two attached hydrogens (primary N) is 1. The molecule has 0 bridgehead atoms. The van der Waals surface area contributed by atoms with E-state index in [-0.39, 0.29) is 22.5 Å². The van der Waals surface area contributed by atoms with E-state index in [2.05, 4.69) is 17.5 Å². The summed E-state index contributed by atoms with van der Waals surface area (Å²) in [6.07, 6.45) is 0. The molecule has 6 heteroatoms. The van der Waals surface area contributed by atoms with Crippen molar-refractivity contribution in [3.8, 4) is 0 Å². The molecule has 1 aromatic carbocycles. The Labute approximate surface area is 103 Å². The fourth-order valence-electron chi connectivity index (χ4n) is 0.942. The maximum Gasteiger partial charge on any atom is 0.253 e. The third kappa shape index (κ3) is 3.34. The maximum absolute atomic E-state index is 11.6. The molecule has 0 aliphatic heterocycles. The van der Waals surface area contributed by atoms with Gasteiger partial charge < -0.3 is 11.1 Å². The van der Waals surface area contributed by atoms with Crippen LogP contribution < -0.4 is 11.1 Å². The molecular weight excluding hydrogens is 255 g/mol. The van der Waals surface area contributed by atoms with Crippen LogP contribution in [0.15, 0.2) is 18.2 Å². The van der Waals surface area contributed by atoms with Crippen LogP contribution in [0.3, 0.4) is 0 Å². The summed E-state index contributed by atoms with van der Waals surface area (Å²) in [4.78, 5) is 11.8. The van der Waals surface area contributed by atoms with E-state index < -0.39 is 0 Å². The summed E-state index contributed by atoms with van der Waals surface area (Å²) < 4.78 is 0. The van der Waals surface area contributed by atoms with Gasteiger partial charge in [0.2, 0.25) is 0 Å². The van der Waals surface area contributed by atoms with E-state index >= 15 is 0 Å². The van der Waals surface area contributed by atoms with Gasteiger partial charge in [-0.05, 0) is 12.1 Å². The average Bonchev–Trinajstić information content (AvgIpc) is 2.18. The maximum atomic E-state index is 11.6. The normalized spacial score (nSPS) is 9.73. The minimum absolute atomic E-state index is 0.136. The number of benzene rings is 1. The van der Waals surface area contributed by atoms with E-state index in [4.69, 9.17) is 28.9 Å². The molecule has 0 radical (unpaired) electrons. The lowest BCUT2D eigenvalue weighted by Crippen LogP contribution is -2.32. The number of thiocarbonyl (C=S) groups is 1. The van der Waals surface area contributed by atoms with E-state index in [9.17, 15) is 4.79 Å². The molecule has 0 aromatic heterocycles. The summed E-state index contributed by atoms with van der Waals surface area (Å²) >= 11 is 16.2. The van der Waals surface area contributed by atoms with Gasteiger partial charge in [-0.25, -0.2) is 0 Å². The van der Waals surface area contributed by atoms with E-state index in [0.717, 1.165) is 0 Å².